The third-order valence-corrected chi connectivity index (χ3v) is 6.19. The van der Waals surface area contributed by atoms with Gasteiger partial charge in [-0.2, -0.15) is 13.2 Å². The molecule has 150 valence electrons. The number of Topliss-reactive ketones (excluding diaryl/α,β-unsaturated/α-hetero) is 1. The third kappa shape index (κ3) is 3.53. The fraction of sp³-hybridized carbons (Fsp3) is 0.250. The van der Waals surface area contributed by atoms with Crippen LogP contribution in [-0.4, -0.2) is 33.9 Å². The largest absolute Gasteiger partial charge is 0.506 e. The number of alkyl halides is 3. The van der Waals surface area contributed by atoms with Crippen molar-refractivity contribution in [1.82, 2.24) is 10.6 Å². The molecule has 2 aromatic rings. The van der Waals surface area contributed by atoms with Crippen molar-refractivity contribution in [2.75, 3.05) is 0 Å². The van der Waals surface area contributed by atoms with Crippen LogP contribution < -0.4 is 10.6 Å². The number of aliphatic hydroxyl groups is 1. The number of rotatable bonds is 3. The summed E-state index contributed by atoms with van der Waals surface area (Å²) in [6.07, 6.45) is -5.36. The van der Waals surface area contributed by atoms with Gasteiger partial charge >= 0.3 is 12.2 Å². The average molecular weight is 544 g/mol. The lowest BCUT2D eigenvalue weighted by Gasteiger charge is -2.45. The Bertz CT molecular complexity index is 939. The van der Waals surface area contributed by atoms with Gasteiger partial charge in [0.2, 0.25) is 5.72 Å². The Labute approximate surface area is 177 Å². The summed E-state index contributed by atoms with van der Waals surface area (Å²) >= 11 is 7.12. The lowest BCUT2D eigenvalue weighted by atomic mass is 9.78. The van der Waals surface area contributed by atoms with E-state index >= 15 is 0 Å². The molecule has 2 amide bonds. The highest BCUT2D eigenvalue weighted by molar-refractivity contribution is 9.11. The van der Waals surface area contributed by atoms with Gasteiger partial charge in [0, 0.05) is 10.0 Å². The molecule has 6 nitrogen and oxygen atoms in total. The molecule has 3 rings (SSSR count). The number of hydrogen-bond acceptors (Lipinski definition) is 5. The maximum Gasteiger partial charge on any atom is 0.437 e. The maximum atomic E-state index is 13.8. The van der Waals surface area contributed by atoms with Crippen molar-refractivity contribution in [2.24, 2.45) is 5.92 Å². The van der Waals surface area contributed by atoms with E-state index in [9.17, 15) is 33.0 Å². The Hall–Kier alpha value is -1.63. The minimum absolute atomic E-state index is 0.0378. The monoisotopic (exact) mass is 542 g/mol. The topological polar surface area (TPSA) is 98.7 Å². The molecule has 1 fully saturated rings. The van der Waals surface area contributed by atoms with Crippen molar-refractivity contribution in [3.63, 3.8) is 0 Å². The number of phenols is 1. The fourth-order valence-corrected chi connectivity index (χ4v) is 4.96. The number of thiophene rings is 1. The van der Waals surface area contributed by atoms with Crippen LogP contribution in [0.4, 0.5) is 18.0 Å². The fourth-order valence-electron chi connectivity index (χ4n) is 2.99. The van der Waals surface area contributed by atoms with Gasteiger partial charge < -0.3 is 20.8 Å². The summed E-state index contributed by atoms with van der Waals surface area (Å²) in [5.41, 5.74) is -4.02. The summed E-state index contributed by atoms with van der Waals surface area (Å²) in [5.74, 6) is -3.71. The average Bonchev–Trinajstić information content (AvgIpc) is 3.10. The number of nitrogens with one attached hydrogen (secondary N) is 2. The molecular weight excluding hydrogens is 533 g/mol. The number of carbonyl (C=O) groups excluding carboxylic acids is 2. The van der Waals surface area contributed by atoms with Crippen LogP contribution in [0.5, 0.6) is 5.75 Å². The summed E-state index contributed by atoms with van der Waals surface area (Å²) in [6, 6.07) is 2.49. The first-order valence-corrected chi connectivity index (χ1v) is 10.1. The number of halogens is 5. The standard InChI is InChI=1S/C16H11Br2F3N2O4S/c17-6-4-7(12(24)8(18)5-6)11-10(13(25)9-2-1-3-28-9)15(27,16(19,20)21)23-14(26)22-11/h1-5,10-11,24,27H,(H2,22,23,26)/t10-,11+,15+/m0/s1. The highest BCUT2D eigenvalue weighted by atomic mass is 79.9. The van der Waals surface area contributed by atoms with Crippen molar-refractivity contribution < 1.29 is 33.0 Å². The van der Waals surface area contributed by atoms with E-state index in [1.807, 2.05) is 0 Å². The van der Waals surface area contributed by atoms with Crippen molar-refractivity contribution in [3.8, 4) is 5.75 Å². The van der Waals surface area contributed by atoms with E-state index in [-0.39, 0.29) is 14.9 Å². The zero-order valence-corrected chi connectivity index (χ0v) is 17.5. The first-order chi connectivity index (χ1) is 13.0. The Kier molecular flexibility index (Phi) is 5.51. The SMILES string of the molecule is O=C1N[C@H](c2cc(Br)cc(Br)c2O)[C@@H](C(=O)c2cccs2)[C@@](O)(C(F)(F)F)N1. The molecule has 3 atom stereocenters. The number of phenolic OH excluding ortho intramolecular Hbond substituents is 1. The molecular formula is C16H11Br2F3N2O4S. The predicted molar refractivity (Wildman–Crippen MR) is 101 cm³/mol. The Morgan fingerprint density at radius 1 is 1.29 bits per heavy atom. The number of benzene rings is 1. The number of carbonyl (C=O) groups is 2. The van der Waals surface area contributed by atoms with Crippen molar-refractivity contribution in [2.45, 2.75) is 17.9 Å². The van der Waals surface area contributed by atoms with Crippen LogP contribution in [0, 0.1) is 5.92 Å². The number of hydrogen-bond donors (Lipinski definition) is 4. The molecule has 0 unspecified atom stereocenters. The van der Waals surface area contributed by atoms with Gasteiger partial charge in [0.1, 0.15) is 11.7 Å². The molecule has 0 bridgehead atoms. The van der Waals surface area contributed by atoms with Gasteiger partial charge in [0.15, 0.2) is 5.78 Å². The van der Waals surface area contributed by atoms with Gasteiger partial charge in [-0.05, 0) is 39.5 Å². The van der Waals surface area contributed by atoms with Crippen molar-refractivity contribution in [1.29, 1.82) is 0 Å². The summed E-state index contributed by atoms with van der Waals surface area (Å²) in [5, 5.41) is 26.0. The summed E-state index contributed by atoms with van der Waals surface area (Å²) in [6.45, 7) is 0. The van der Waals surface area contributed by atoms with Crippen LogP contribution in [0.3, 0.4) is 0 Å². The molecule has 1 aromatic heterocycles. The van der Waals surface area contributed by atoms with E-state index in [1.54, 1.807) is 0 Å². The molecule has 0 saturated carbocycles. The van der Waals surface area contributed by atoms with Crippen LogP contribution in [0.1, 0.15) is 21.3 Å². The van der Waals surface area contributed by atoms with Gasteiger partial charge in [-0.3, -0.25) is 4.79 Å². The molecule has 2 heterocycles. The van der Waals surface area contributed by atoms with Gasteiger partial charge in [0.05, 0.1) is 15.4 Å². The predicted octanol–water partition coefficient (Wildman–Crippen LogP) is 4.08. The summed E-state index contributed by atoms with van der Waals surface area (Å²) in [7, 11) is 0. The molecule has 28 heavy (non-hydrogen) atoms. The first-order valence-electron chi connectivity index (χ1n) is 7.59. The second kappa shape index (κ2) is 7.32. The number of amides is 2. The van der Waals surface area contributed by atoms with Gasteiger partial charge in [-0.15, -0.1) is 11.3 Å². The van der Waals surface area contributed by atoms with Gasteiger partial charge in [-0.25, -0.2) is 4.79 Å². The van der Waals surface area contributed by atoms with Gasteiger partial charge in [0.25, 0.3) is 0 Å². The normalized spacial score (nSPS) is 25.1. The second-order valence-electron chi connectivity index (χ2n) is 5.98. The quantitative estimate of drug-likeness (QED) is 0.438. The third-order valence-electron chi connectivity index (χ3n) is 4.25. The summed E-state index contributed by atoms with van der Waals surface area (Å²) < 4.78 is 41.8. The molecule has 0 radical (unpaired) electrons. The van der Waals surface area contributed by atoms with E-state index in [1.165, 1.54) is 35.0 Å². The van der Waals surface area contributed by atoms with E-state index in [2.05, 4.69) is 37.2 Å². The van der Waals surface area contributed by atoms with E-state index in [0.717, 1.165) is 11.3 Å². The van der Waals surface area contributed by atoms with E-state index < -0.39 is 41.4 Å². The van der Waals surface area contributed by atoms with Gasteiger partial charge in [-0.1, -0.05) is 22.0 Å². The number of urea groups is 1. The molecule has 1 aliphatic rings. The lowest BCUT2D eigenvalue weighted by molar-refractivity contribution is -0.287. The highest BCUT2D eigenvalue weighted by Crippen LogP contribution is 2.47. The summed E-state index contributed by atoms with van der Waals surface area (Å²) in [4.78, 5) is 24.9. The van der Waals surface area contributed by atoms with E-state index in [4.69, 9.17) is 0 Å². The molecule has 12 heteroatoms. The Morgan fingerprint density at radius 3 is 2.54 bits per heavy atom. The molecule has 0 spiro atoms. The minimum Gasteiger partial charge on any atom is -0.506 e. The second-order valence-corrected chi connectivity index (χ2v) is 8.70. The van der Waals surface area contributed by atoms with Crippen molar-refractivity contribution >= 4 is 55.0 Å². The molecule has 4 N–H and O–H groups in total. The number of ketones is 1. The van der Waals surface area contributed by atoms with Crippen molar-refractivity contribution in [3.05, 3.63) is 49.0 Å². The van der Waals surface area contributed by atoms with E-state index in [0.29, 0.717) is 4.47 Å². The molecule has 1 aromatic carbocycles. The van der Waals surface area contributed by atoms with Crippen LogP contribution in [0.15, 0.2) is 38.6 Å². The lowest BCUT2D eigenvalue weighted by Crippen LogP contribution is -2.72. The zero-order chi connectivity index (χ0) is 20.9. The maximum absolute atomic E-state index is 13.8. The highest BCUT2D eigenvalue weighted by Gasteiger charge is 2.66. The molecule has 0 aliphatic carbocycles. The van der Waals surface area contributed by atoms with Crippen LogP contribution in [0.25, 0.3) is 0 Å². The smallest absolute Gasteiger partial charge is 0.437 e. The minimum atomic E-state index is -5.36. The van der Waals surface area contributed by atoms with Crippen LogP contribution in [0.2, 0.25) is 0 Å². The van der Waals surface area contributed by atoms with Crippen LogP contribution in [-0.2, 0) is 0 Å². The Morgan fingerprint density at radius 2 is 1.96 bits per heavy atom. The Balaban J connectivity index is 2.24. The zero-order valence-electron chi connectivity index (χ0n) is 13.6. The molecule has 1 saturated heterocycles. The van der Waals surface area contributed by atoms with Crippen LogP contribution >= 0.6 is 43.2 Å². The first kappa shape index (κ1) is 21.1. The number of aromatic hydroxyl groups is 1. The molecule has 1 aliphatic heterocycles.